The molecule has 1 N–H and O–H groups in total. The highest BCUT2D eigenvalue weighted by Crippen LogP contribution is 2.22. The van der Waals surface area contributed by atoms with E-state index in [9.17, 15) is 31.2 Å². The van der Waals surface area contributed by atoms with Crippen LogP contribution in [0.5, 0.6) is 0 Å². The van der Waals surface area contributed by atoms with Crippen molar-refractivity contribution in [1.29, 1.82) is 0 Å². The SMILES string of the molecule is CC[C@@H](C(=O)NC(C)(C)C)N(Cc1ccc(F)cc1)C(=O)CCCN(c1ccc(F)c(F)c1)S(C)(=O)=O. The van der Waals surface area contributed by atoms with Gasteiger partial charge in [-0.05, 0) is 63.4 Å². The lowest BCUT2D eigenvalue weighted by molar-refractivity contribution is -0.142. The van der Waals surface area contributed by atoms with E-state index in [1.807, 2.05) is 20.8 Å². The molecular weight excluding hydrogens is 507 g/mol. The monoisotopic (exact) mass is 541 g/mol. The van der Waals surface area contributed by atoms with Gasteiger partial charge in [0.25, 0.3) is 0 Å². The Morgan fingerprint density at radius 2 is 1.62 bits per heavy atom. The molecule has 0 aliphatic carbocycles. The molecule has 37 heavy (non-hydrogen) atoms. The number of sulfonamides is 1. The van der Waals surface area contributed by atoms with Crippen molar-refractivity contribution >= 4 is 27.5 Å². The van der Waals surface area contributed by atoms with Crippen molar-refractivity contribution in [3.05, 3.63) is 65.5 Å². The maximum Gasteiger partial charge on any atom is 0.243 e. The molecule has 0 bridgehead atoms. The van der Waals surface area contributed by atoms with Crippen molar-refractivity contribution in [2.45, 2.75) is 65.1 Å². The van der Waals surface area contributed by atoms with Crippen LogP contribution in [0.25, 0.3) is 0 Å². The number of carbonyl (C=O) groups is 2. The topological polar surface area (TPSA) is 86.8 Å². The highest BCUT2D eigenvalue weighted by molar-refractivity contribution is 7.92. The smallest absolute Gasteiger partial charge is 0.243 e. The summed E-state index contributed by atoms with van der Waals surface area (Å²) in [6.45, 7) is 7.12. The lowest BCUT2D eigenvalue weighted by atomic mass is 10.0. The molecule has 0 saturated carbocycles. The zero-order valence-corrected chi connectivity index (χ0v) is 22.5. The van der Waals surface area contributed by atoms with Crippen LogP contribution in [0.15, 0.2) is 42.5 Å². The van der Waals surface area contributed by atoms with Gasteiger partial charge in [0.15, 0.2) is 11.6 Å². The van der Waals surface area contributed by atoms with Crippen LogP contribution in [0.4, 0.5) is 18.9 Å². The summed E-state index contributed by atoms with van der Waals surface area (Å²) < 4.78 is 66.0. The molecule has 0 spiro atoms. The van der Waals surface area contributed by atoms with Gasteiger partial charge < -0.3 is 10.2 Å². The summed E-state index contributed by atoms with van der Waals surface area (Å²) >= 11 is 0. The fourth-order valence-corrected chi connectivity index (χ4v) is 4.76. The quantitative estimate of drug-likeness (QED) is 0.458. The zero-order chi connectivity index (χ0) is 28.0. The summed E-state index contributed by atoms with van der Waals surface area (Å²) in [6.07, 6.45) is 1.19. The molecule has 0 fully saturated rings. The van der Waals surface area contributed by atoms with E-state index in [0.717, 1.165) is 28.8 Å². The molecule has 0 heterocycles. The Kier molecular flexibility index (Phi) is 10.1. The summed E-state index contributed by atoms with van der Waals surface area (Å²) in [7, 11) is -3.85. The molecule has 2 amide bonds. The zero-order valence-electron chi connectivity index (χ0n) is 21.7. The molecule has 0 saturated heterocycles. The van der Waals surface area contributed by atoms with Gasteiger partial charge in [-0.3, -0.25) is 13.9 Å². The number of amides is 2. The van der Waals surface area contributed by atoms with Crippen molar-refractivity contribution in [1.82, 2.24) is 10.2 Å². The van der Waals surface area contributed by atoms with Gasteiger partial charge in [0.2, 0.25) is 21.8 Å². The minimum absolute atomic E-state index is 0.0497. The summed E-state index contributed by atoms with van der Waals surface area (Å²) in [5.41, 5.74) is 0.0273. The Morgan fingerprint density at radius 1 is 1.00 bits per heavy atom. The van der Waals surface area contributed by atoms with E-state index >= 15 is 0 Å². The Morgan fingerprint density at radius 3 is 2.14 bits per heavy atom. The van der Waals surface area contributed by atoms with E-state index in [2.05, 4.69) is 5.32 Å². The van der Waals surface area contributed by atoms with Gasteiger partial charge >= 0.3 is 0 Å². The van der Waals surface area contributed by atoms with Crippen LogP contribution in [0, 0.1) is 17.5 Å². The molecular formula is C26H34F3N3O4S. The van der Waals surface area contributed by atoms with E-state index in [-0.39, 0.29) is 37.5 Å². The number of nitrogens with one attached hydrogen (secondary N) is 1. The van der Waals surface area contributed by atoms with Crippen molar-refractivity contribution < 1.29 is 31.2 Å². The molecule has 0 unspecified atom stereocenters. The van der Waals surface area contributed by atoms with Crippen molar-refractivity contribution in [2.75, 3.05) is 17.1 Å². The average Bonchev–Trinajstić information content (AvgIpc) is 2.77. The molecule has 204 valence electrons. The second kappa shape index (κ2) is 12.4. The number of hydrogen-bond donors (Lipinski definition) is 1. The third kappa shape index (κ3) is 9.07. The molecule has 0 aliphatic rings. The van der Waals surface area contributed by atoms with E-state index < -0.39 is 45.0 Å². The van der Waals surface area contributed by atoms with Gasteiger partial charge in [-0.15, -0.1) is 0 Å². The Bertz CT molecular complexity index is 1200. The molecule has 2 aromatic rings. The molecule has 11 heteroatoms. The first-order chi connectivity index (χ1) is 17.1. The van der Waals surface area contributed by atoms with Gasteiger partial charge in [-0.25, -0.2) is 21.6 Å². The molecule has 7 nitrogen and oxygen atoms in total. The molecule has 0 radical (unpaired) electrons. The summed E-state index contributed by atoms with van der Waals surface area (Å²) in [5, 5.41) is 2.88. The number of nitrogens with zero attached hydrogens (tertiary/aromatic N) is 2. The van der Waals surface area contributed by atoms with Crippen LogP contribution >= 0.6 is 0 Å². The molecule has 2 aromatic carbocycles. The second-order valence-corrected chi connectivity index (χ2v) is 11.8. The van der Waals surface area contributed by atoms with Gasteiger partial charge in [0.05, 0.1) is 11.9 Å². The number of anilines is 1. The molecule has 0 aromatic heterocycles. The van der Waals surface area contributed by atoms with Crippen LogP contribution in [-0.2, 0) is 26.2 Å². The van der Waals surface area contributed by atoms with Crippen molar-refractivity contribution in [3.63, 3.8) is 0 Å². The summed E-state index contributed by atoms with van der Waals surface area (Å²) in [5.74, 6) is -3.48. The highest BCUT2D eigenvalue weighted by atomic mass is 32.2. The van der Waals surface area contributed by atoms with Crippen molar-refractivity contribution in [3.8, 4) is 0 Å². The van der Waals surface area contributed by atoms with E-state index in [1.165, 1.54) is 29.2 Å². The molecule has 2 rings (SSSR count). The first kappa shape index (κ1) is 30.1. The number of hydrogen-bond acceptors (Lipinski definition) is 4. The van der Waals surface area contributed by atoms with Crippen LogP contribution in [0.1, 0.15) is 52.5 Å². The predicted molar refractivity (Wildman–Crippen MR) is 137 cm³/mol. The number of benzene rings is 2. The fourth-order valence-electron chi connectivity index (χ4n) is 3.80. The lowest BCUT2D eigenvalue weighted by Crippen LogP contribution is -2.53. The van der Waals surface area contributed by atoms with Gasteiger partial charge in [-0.2, -0.15) is 0 Å². The first-order valence-electron chi connectivity index (χ1n) is 11.9. The second-order valence-electron chi connectivity index (χ2n) is 9.85. The maximum atomic E-state index is 13.7. The fraction of sp³-hybridized carbons (Fsp3) is 0.462. The minimum Gasteiger partial charge on any atom is -0.350 e. The standard InChI is InChI=1S/C26H34F3N3O4S/c1-6-23(25(34)30-26(2,3)4)31(17-18-9-11-19(27)12-10-18)24(33)8-7-15-32(37(5,35)36)20-13-14-21(28)22(29)16-20/h9-14,16,23H,6-8,15,17H2,1-5H3,(H,30,34)/t23-/m0/s1. The minimum atomic E-state index is -3.85. The molecule has 1 atom stereocenters. The van der Waals surface area contributed by atoms with Gasteiger partial charge in [0, 0.05) is 31.1 Å². The maximum absolute atomic E-state index is 13.7. The third-order valence-corrected chi connectivity index (χ3v) is 6.69. The predicted octanol–water partition coefficient (Wildman–Crippen LogP) is 4.37. The van der Waals surface area contributed by atoms with Crippen LogP contribution in [-0.4, -0.2) is 49.5 Å². The van der Waals surface area contributed by atoms with Gasteiger partial charge in [-0.1, -0.05) is 19.1 Å². The van der Waals surface area contributed by atoms with Crippen LogP contribution in [0.3, 0.4) is 0 Å². The average molecular weight is 542 g/mol. The van der Waals surface area contributed by atoms with Crippen LogP contribution in [0.2, 0.25) is 0 Å². The van der Waals surface area contributed by atoms with E-state index in [4.69, 9.17) is 0 Å². The first-order valence-corrected chi connectivity index (χ1v) is 13.8. The normalized spacial score (nSPS) is 12.6. The van der Waals surface area contributed by atoms with E-state index in [1.54, 1.807) is 6.92 Å². The van der Waals surface area contributed by atoms with Gasteiger partial charge in [0.1, 0.15) is 11.9 Å². The summed E-state index contributed by atoms with van der Waals surface area (Å²) in [6, 6.07) is 7.53. The van der Waals surface area contributed by atoms with Crippen molar-refractivity contribution in [2.24, 2.45) is 0 Å². The Hall–Kier alpha value is -3.08. The number of halogens is 3. The molecule has 0 aliphatic heterocycles. The lowest BCUT2D eigenvalue weighted by Gasteiger charge is -2.33. The third-order valence-electron chi connectivity index (χ3n) is 5.49. The van der Waals surface area contributed by atoms with E-state index in [0.29, 0.717) is 12.0 Å². The Balaban J connectivity index is 2.25. The Labute approximate surface area is 216 Å². The highest BCUT2D eigenvalue weighted by Gasteiger charge is 2.30. The summed E-state index contributed by atoms with van der Waals surface area (Å²) in [4.78, 5) is 27.8. The van der Waals surface area contributed by atoms with Crippen LogP contribution < -0.4 is 9.62 Å². The number of rotatable bonds is 11. The number of carbonyl (C=O) groups excluding carboxylic acids is 2. The largest absolute Gasteiger partial charge is 0.350 e.